The van der Waals surface area contributed by atoms with Crippen molar-refractivity contribution < 1.29 is 24.2 Å². The molecule has 0 radical (unpaired) electrons. The minimum Gasteiger partial charge on any atom is -0.508 e. The molecule has 1 rings (SSSR count). The maximum absolute atomic E-state index is 12.5. The van der Waals surface area contributed by atoms with Crippen LogP contribution >= 0.6 is 0 Å². The summed E-state index contributed by atoms with van der Waals surface area (Å²) in [4.78, 5) is 24.2. The lowest BCUT2D eigenvalue weighted by atomic mass is 10.1. The number of carboxylic acid groups (broad SMARTS) is 1. The molecule has 0 saturated carbocycles. The van der Waals surface area contributed by atoms with Gasteiger partial charge in [0.05, 0.1) is 12.6 Å². The maximum atomic E-state index is 12.5. The van der Waals surface area contributed by atoms with E-state index in [1.165, 1.54) is 12.1 Å². The Balaban J connectivity index is 2.82. The van der Waals surface area contributed by atoms with Crippen LogP contribution in [0.25, 0.3) is 0 Å². The Morgan fingerprint density at radius 2 is 1.52 bits per heavy atom. The fourth-order valence-corrected chi connectivity index (χ4v) is 9.62. The van der Waals surface area contributed by atoms with Gasteiger partial charge >= 0.3 is 5.97 Å². The van der Waals surface area contributed by atoms with Crippen LogP contribution in [0.5, 0.6) is 5.75 Å². The summed E-state index contributed by atoms with van der Waals surface area (Å²) in [6, 6.07) is 4.33. The zero-order chi connectivity index (χ0) is 22.4. The Bertz CT molecular complexity index is 654. The third-order valence-corrected chi connectivity index (χ3v) is 11.6. The van der Waals surface area contributed by atoms with Gasteiger partial charge in [0.15, 0.2) is 8.32 Å². The number of hydrogen-bond acceptors (Lipinski definition) is 5. The fraction of sp³-hybridized carbons (Fsp3) is 0.619. The van der Waals surface area contributed by atoms with E-state index in [0.29, 0.717) is 16.6 Å². The fourth-order valence-electron chi connectivity index (χ4n) is 4.16. The molecule has 0 saturated heterocycles. The minimum absolute atomic E-state index is 0.0756. The molecule has 0 aliphatic rings. The normalized spacial score (nSPS) is 14.3. The van der Waals surface area contributed by atoms with Gasteiger partial charge in [0, 0.05) is 0 Å². The van der Waals surface area contributed by atoms with Crippen molar-refractivity contribution in [2.75, 3.05) is 6.61 Å². The SMILES string of the molecule is CC(C)[Si](OC[C@H](NC(=O)[C@@H](N)Cc1ccc(O)cc1)C(=O)O)(C(C)C)C(C)C. The van der Waals surface area contributed by atoms with E-state index >= 15 is 0 Å². The first-order valence-electron chi connectivity index (χ1n) is 10.1. The third kappa shape index (κ3) is 6.55. The van der Waals surface area contributed by atoms with E-state index in [4.69, 9.17) is 10.2 Å². The molecule has 164 valence electrons. The Labute approximate surface area is 174 Å². The summed E-state index contributed by atoms with van der Waals surface area (Å²) in [5, 5.41) is 21.4. The lowest BCUT2D eigenvalue weighted by Gasteiger charge is -2.42. The Hall–Kier alpha value is -1.90. The molecule has 1 amide bonds. The van der Waals surface area contributed by atoms with Gasteiger partial charge in [0.25, 0.3) is 0 Å². The third-order valence-electron chi connectivity index (χ3n) is 5.55. The van der Waals surface area contributed by atoms with Crippen LogP contribution in [0.1, 0.15) is 47.1 Å². The van der Waals surface area contributed by atoms with E-state index in [1.807, 2.05) is 0 Å². The van der Waals surface area contributed by atoms with Crippen LogP contribution in [0.4, 0.5) is 0 Å². The highest BCUT2D eigenvalue weighted by molar-refractivity contribution is 6.77. The molecule has 0 unspecified atom stereocenters. The average Bonchev–Trinajstić information content (AvgIpc) is 2.61. The van der Waals surface area contributed by atoms with Gasteiger partial charge in [-0.05, 0) is 40.7 Å². The highest BCUT2D eigenvalue weighted by Crippen LogP contribution is 2.42. The van der Waals surface area contributed by atoms with Gasteiger partial charge in [0.1, 0.15) is 11.8 Å². The summed E-state index contributed by atoms with van der Waals surface area (Å²) in [6.07, 6.45) is 0.238. The smallest absolute Gasteiger partial charge is 0.328 e. The number of nitrogens with two attached hydrogens (primary N) is 1. The number of phenols is 1. The van der Waals surface area contributed by atoms with Crippen LogP contribution in [0.2, 0.25) is 16.6 Å². The first-order valence-corrected chi connectivity index (χ1v) is 12.3. The Kier molecular flexibility index (Phi) is 9.32. The minimum atomic E-state index is -2.25. The van der Waals surface area contributed by atoms with Gasteiger partial charge in [-0.1, -0.05) is 53.7 Å². The van der Waals surface area contributed by atoms with Crippen molar-refractivity contribution in [1.82, 2.24) is 5.32 Å². The second-order valence-corrected chi connectivity index (χ2v) is 14.0. The molecule has 29 heavy (non-hydrogen) atoms. The molecule has 7 nitrogen and oxygen atoms in total. The first-order chi connectivity index (χ1) is 13.4. The number of aliphatic carboxylic acids is 1. The molecule has 0 fully saturated rings. The van der Waals surface area contributed by atoms with Crippen LogP contribution in [-0.4, -0.2) is 49.1 Å². The van der Waals surface area contributed by atoms with Gasteiger partial charge in [-0.15, -0.1) is 0 Å². The van der Waals surface area contributed by atoms with Gasteiger partial charge in [-0.2, -0.15) is 0 Å². The quantitative estimate of drug-likeness (QED) is 0.405. The highest BCUT2D eigenvalue weighted by atomic mass is 28.4. The van der Waals surface area contributed by atoms with Gasteiger partial charge in [-0.3, -0.25) is 4.79 Å². The summed E-state index contributed by atoms with van der Waals surface area (Å²) < 4.78 is 6.32. The Morgan fingerprint density at radius 1 is 1.03 bits per heavy atom. The number of aromatic hydroxyl groups is 1. The molecule has 0 bridgehead atoms. The van der Waals surface area contributed by atoms with Crippen LogP contribution in [0, 0.1) is 0 Å². The van der Waals surface area contributed by atoms with Crippen molar-refractivity contribution in [1.29, 1.82) is 0 Å². The molecule has 0 aliphatic carbocycles. The molecule has 0 aromatic heterocycles. The molecule has 0 heterocycles. The number of benzene rings is 1. The van der Waals surface area contributed by atoms with E-state index in [2.05, 4.69) is 46.9 Å². The summed E-state index contributed by atoms with van der Waals surface area (Å²) >= 11 is 0. The number of rotatable bonds is 11. The van der Waals surface area contributed by atoms with E-state index in [-0.39, 0.29) is 18.8 Å². The number of carbonyl (C=O) groups excluding carboxylic acids is 1. The van der Waals surface area contributed by atoms with E-state index in [0.717, 1.165) is 5.56 Å². The summed E-state index contributed by atoms with van der Waals surface area (Å²) in [7, 11) is -2.25. The summed E-state index contributed by atoms with van der Waals surface area (Å²) in [6.45, 7) is 12.6. The predicted octanol–water partition coefficient (Wildman–Crippen LogP) is 3.02. The second kappa shape index (κ2) is 10.8. The van der Waals surface area contributed by atoms with E-state index in [9.17, 15) is 19.8 Å². The largest absolute Gasteiger partial charge is 0.508 e. The van der Waals surface area contributed by atoms with Gasteiger partial charge < -0.3 is 25.7 Å². The monoisotopic (exact) mass is 424 g/mol. The van der Waals surface area contributed by atoms with Gasteiger partial charge in [0.2, 0.25) is 5.91 Å². The van der Waals surface area contributed by atoms with Crippen molar-refractivity contribution in [2.45, 2.75) is 76.7 Å². The van der Waals surface area contributed by atoms with Crippen molar-refractivity contribution in [3.63, 3.8) is 0 Å². The van der Waals surface area contributed by atoms with E-state index < -0.39 is 32.3 Å². The van der Waals surface area contributed by atoms with Crippen molar-refractivity contribution in [3.05, 3.63) is 29.8 Å². The average molecular weight is 425 g/mol. The second-order valence-electron chi connectivity index (χ2n) is 8.51. The number of hydrogen-bond donors (Lipinski definition) is 4. The lowest BCUT2D eigenvalue weighted by molar-refractivity contribution is -0.143. The standard InChI is InChI=1S/C21H36N2O5Si/c1-13(2)29(14(3)4,15(5)6)28-12-19(21(26)27)23-20(25)18(22)11-16-7-9-17(24)10-8-16/h7-10,13-15,18-19,24H,11-12,22H2,1-6H3,(H,23,25)(H,26,27)/t18-,19-/m0/s1. The van der Waals surface area contributed by atoms with Crippen LogP contribution in [0.15, 0.2) is 24.3 Å². The topological polar surface area (TPSA) is 122 Å². The molecule has 8 heteroatoms. The predicted molar refractivity (Wildman–Crippen MR) is 116 cm³/mol. The number of nitrogens with one attached hydrogen (secondary N) is 1. The number of amides is 1. The van der Waals surface area contributed by atoms with Gasteiger partial charge in [-0.25, -0.2) is 4.79 Å². The molecule has 2 atom stereocenters. The summed E-state index contributed by atoms with van der Waals surface area (Å²) in [5.74, 6) is -1.56. The first kappa shape index (κ1) is 25.1. The molecule has 0 spiro atoms. The van der Waals surface area contributed by atoms with Crippen LogP contribution < -0.4 is 11.1 Å². The van der Waals surface area contributed by atoms with Crippen molar-refractivity contribution in [2.24, 2.45) is 5.73 Å². The molecular formula is C21H36N2O5Si. The zero-order valence-electron chi connectivity index (χ0n) is 18.3. The van der Waals surface area contributed by atoms with Crippen LogP contribution in [0.3, 0.4) is 0 Å². The van der Waals surface area contributed by atoms with Crippen molar-refractivity contribution in [3.8, 4) is 5.75 Å². The molecule has 5 N–H and O–H groups in total. The number of carbonyl (C=O) groups is 2. The number of phenolic OH excluding ortho intramolecular Hbond substituents is 1. The zero-order valence-corrected chi connectivity index (χ0v) is 19.3. The maximum Gasteiger partial charge on any atom is 0.328 e. The lowest BCUT2D eigenvalue weighted by Crippen LogP contribution is -2.55. The molecule has 1 aromatic carbocycles. The number of carboxylic acids is 1. The molecule has 0 aliphatic heterocycles. The summed E-state index contributed by atoms with van der Waals surface area (Å²) in [5.41, 5.74) is 7.67. The van der Waals surface area contributed by atoms with Crippen molar-refractivity contribution >= 4 is 20.2 Å². The highest BCUT2D eigenvalue weighted by Gasteiger charge is 2.45. The van der Waals surface area contributed by atoms with E-state index in [1.54, 1.807) is 12.1 Å². The van der Waals surface area contributed by atoms with Crippen LogP contribution in [-0.2, 0) is 20.4 Å². The molecule has 1 aromatic rings. The molecular weight excluding hydrogens is 388 g/mol. The Morgan fingerprint density at radius 3 is 1.93 bits per heavy atom.